The van der Waals surface area contributed by atoms with Crippen molar-refractivity contribution in [1.82, 2.24) is 5.32 Å². The molecule has 0 aliphatic heterocycles. The van der Waals surface area contributed by atoms with Gasteiger partial charge in [0.25, 0.3) is 0 Å². The molecule has 4 nitrogen and oxygen atoms in total. The third-order valence-corrected chi connectivity index (χ3v) is 3.02. The zero-order chi connectivity index (χ0) is 14.4. The summed E-state index contributed by atoms with van der Waals surface area (Å²) in [5.74, 6) is 2.26. The van der Waals surface area contributed by atoms with E-state index in [0.29, 0.717) is 30.5 Å². The first kappa shape index (κ1) is 14.8. The van der Waals surface area contributed by atoms with Gasteiger partial charge in [-0.1, -0.05) is 11.6 Å². The Labute approximate surface area is 123 Å². The maximum atomic E-state index is 6.10. The third kappa shape index (κ3) is 3.68. The lowest BCUT2D eigenvalue weighted by Gasteiger charge is -2.15. The molecule has 1 N–H and O–H groups in total. The number of hydrogen-bond acceptors (Lipinski definition) is 4. The van der Waals surface area contributed by atoms with E-state index in [2.05, 4.69) is 5.32 Å². The molecule has 0 fully saturated rings. The van der Waals surface area contributed by atoms with Gasteiger partial charge in [0.15, 0.2) is 11.5 Å². The van der Waals surface area contributed by atoms with Crippen LogP contribution < -0.4 is 14.8 Å². The van der Waals surface area contributed by atoms with Crippen LogP contribution in [0.15, 0.2) is 34.9 Å². The molecule has 0 aliphatic carbocycles. The van der Waals surface area contributed by atoms with Crippen LogP contribution in [-0.4, -0.2) is 13.7 Å². The number of halogens is 1. The first-order valence-electron chi connectivity index (χ1n) is 6.47. The van der Waals surface area contributed by atoms with Crippen LogP contribution in [0.5, 0.6) is 11.5 Å². The van der Waals surface area contributed by atoms with Gasteiger partial charge in [0.2, 0.25) is 0 Å². The first-order chi connectivity index (χ1) is 9.74. The van der Waals surface area contributed by atoms with E-state index >= 15 is 0 Å². The molecule has 0 unspecified atom stereocenters. The standard InChI is InChI=1S/C15H18ClNO3/c1-3-19-15-11(7-12(16)8-14(15)18-2)9-17-10-13-5-4-6-20-13/h4-8,17H,3,9-10H2,1-2H3. The summed E-state index contributed by atoms with van der Waals surface area (Å²) in [6.45, 7) is 3.78. The van der Waals surface area contributed by atoms with E-state index in [4.69, 9.17) is 25.5 Å². The predicted molar refractivity (Wildman–Crippen MR) is 78.4 cm³/mol. The number of methoxy groups -OCH3 is 1. The van der Waals surface area contributed by atoms with Gasteiger partial charge >= 0.3 is 0 Å². The molecule has 1 aromatic carbocycles. The fourth-order valence-corrected chi connectivity index (χ4v) is 2.18. The second-order valence-electron chi connectivity index (χ2n) is 4.21. The molecule has 5 heteroatoms. The largest absolute Gasteiger partial charge is 0.493 e. The van der Waals surface area contributed by atoms with Gasteiger partial charge in [0.05, 0.1) is 26.5 Å². The van der Waals surface area contributed by atoms with E-state index in [1.54, 1.807) is 19.4 Å². The van der Waals surface area contributed by atoms with Crippen LogP contribution in [0.2, 0.25) is 5.02 Å². The van der Waals surface area contributed by atoms with Crippen molar-refractivity contribution in [3.05, 3.63) is 46.9 Å². The normalized spacial score (nSPS) is 10.6. The molecule has 2 aromatic rings. The molecule has 0 atom stereocenters. The van der Waals surface area contributed by atoms with Gasteiger partial charge in [-0.25, -0.2) is 0 Å². The predicted octanol–water partition coefficient (Wildman–Crippen LogP) is 3.63. The van der Waals surface area contributed by atoms with Crippen molar-refractivity contribution in [2.45, 2.75) is 20.0 Å². The fraction of sp³-hybridized carbons (Fsp3) is 0.333. The van der Waals surface area contributed by atoms with E-state index < -0.39 is 0 Å². The molecule has 20 heavy (non-hydrogen) atoms. The lowest BCUT2D eigenvalue weighted by atomic mass is 10.1. The summed E-state index contributed by atoms with van der Waals surface area (Å²) >= 11 is 6.10. The van der Waals surface area contributed by atoms with Gasteiger partial charge in [-0.05, 0) is 25.1 Å². The topological polar surface area (TPSA) is 43.6 Å². The Bertz CT molecular complexity index is 540. The van der Waals surface area contributed by atoms with Crippen LogP contribution >= 0.6 is 11.6 Å². The minimum absolute atomic E-state index is 0.573. The molecule has 0 radical (unpaired) electrons. The summed E-state index contributed by atoms with van der Waals surface area (Å²) in [5.41, 5.74) is 0.961. The second kappa shape index (κ2) is 7.22. The smallest absolute Gasteiger partial charge is 0.165 e. The summed E-state index contributed by atoms with van der Waals surface area (Å²) in [7, 11) is 1.61. The van der Waals surface area contributed by atoms with Crippen molar-refractivity contribution in [2.75, 3.05) is 13.7 Å². The lowest BCUT2D eigenvalue weighted by molar-refractivity contribution is 0.306. The van der Waals surface area contributed by atoms with Gasteiger partial charge in [-0.3, -0.25) is 0 Å². The van der Waals surface area contributed by atoms with Crippen LogP contribution in [0.3, 0.4) is 0 Å². The molecule has 0 aliphatic rings. The second-order valence-corrected chi connectivity index (χ2v) is 4.65. The van der Waals surface area contributed by atoms with E-state index in [1.807, 2.05) is 25.1 Å². The maximum Gasteiger partial charge on any atom is 0.165 e. The van der Waals surface area contributed by atoms with Crippen LogP contribution in [0.4, 0.5) is 0 Å². The van der Waals surface area contributed by atoms with E-state index in [-0.39, 0.29) is 0 Å². The van der Waals surface area contributed by atoms with Gasteiger partial charge in [0.1, 0.15) is 5.76 Å². The molecule has 2 rings (SSSR count). The van der Waals surface area contributed by atoms with Crippen LogP contribution in [0.1, 0.15) is 18.2 Å². The number of furan rings is 1. The number of benzene rings is 1. The minimum Gasteiger partial charge on any atom is -0.493 e. The Hall–Kier alpha value is -1.65. The monoisotopic (exact) mass is 295 g/mol. The summed E-state index contributed by atoms with van der Waals surface area (Å²) < 4.78 is 16.2. The zero-order valence-electron chi connectivity index (χ0n) is 11.6. The minimum atomic E-state index is 0.573. The van der Waals surface area contributed by atoms with E-state index in [0.717, 1.165) is 17.1 Å². The summed E-state index contributed by atoms with van der Waals surface area (Å²) in [5, 5.41) is 3.92. The molecule has 108 valence electrons. The van der Waals surface area contributed by atoms with E-state index in [9.17, 15) is 0 Å². The van der Waals surface area contributed by atoms with Crippen molar-refractivity contribution in [2.24, 2.45) is 0 Å². The molecule has 1 aromatic heterocycles. The Morgan fingerprint density at radius 1 is 1.30 bits per heavy atom. The molecule has 0 spiro atoms. The van der Waals surface area contributed by atoms with E-state index in [1.165, 1.54) is 0 Å². The van der Waals surface area contributed by atoms with Crippen LogP contribution in [-0.2, 0) is 13.1 Å². The van der Waals surface area contributed by atoms with Crippen molar-refractivity contribution in [3.63, 3.8) is 0 Å². The summed E-state index contributed by atoms with van der Waals surface area (Å²) in [4.78, 5) is 0. The number of ether oxygens (including phenoxy) is 2. The Balaban J connectivity index is 2.10. The highest BCUT2D eigenvalue weighted by atomic mass is 35.5. The molecule has 0 amide bonds. The number of hydrogen-bond donors (Lipinski definition) is 1. The SMILES string of the molecule is CCOc1c(CNCc2ccco2)cc(Cl)cc1OC. The van der Waals surface area contributed by atoms with Gasteiger partial charge < -0.3 is 19.2 Å². The highest BCUT2D eigenvalue weighted by Crippen LogP contribution is 2.34. The highest BCUT2D eigenvalue weighted by Gasteiger charge is 2.12. The molecule has 0 saturated heterocycles. The summed E-state index contributed by atoms with van der Waals surface area (Å²) in [6.07, 6.45) is 1.66. The number of nitrogens with one attached hydrogen (secondary N) is 1. The van der Waals surface area contributed by atoms with Gasteiger partial charge in [-0.15, -0.1) is 0 Å². The Morgan fingerprint density at radius 2 is 2.15 bits per heavy atom. The van der Waals surface area contributed by atoms with Gasteiger partial charge in [0, 0.05) is 23.2 Å². The molecule has 1 heterocycles. The molecular weight excluding hydrogens is 278 g/mol. The fourth-order valence-electron chi connectivity index (χ4n) is 1.95. The lowest BCUT2D eigenvalue weighted by Crippen LogP contribution is -2.13. The van der Waals surface area contributed by atoms with Crippen molar-refractivity contribution >= 4 is 11.6 Å². The Kier molecular flexibility index (Phi) is 5.32. The van der Waals surface area contributed by atoms with Crippen LogP contribution in [0, 0.1) is 0 Å². The zero-order valence-corrected chi connectivity index (χ0v) is 12.4. The number of rotatable bonds is 7. The average molecular weight is 296 g/mol. The summed E-state index contributed by atoms with van der Waals surface area (Å²) in [6, 6.07) is 7.42. The van der Waals surface area contributed by atoms with Gasteiger partial charge in [-0.2, -0.15) is 0 Å². The maximum absolute atomic E-state index is 6.10. The molecule has 0 saturated carbocycles. The Morgan fingerprint density at radius 3 is 2.80 bits per heavy atom. The quantitative estimate of drug-likeness (QED) is 0.847. The molecular formula is C15H18ClNO3. The van der Waals surface area contributed by atoms with Crippen molar-refractivity contribution in [1.29, 1.82) is 0 Å². The van der Waals surface area contributed by atoms with Crippen molar-refractivity contribution in [3.8, 4) is 11.5 Å². The first-order valence-corrected chi connectivity index (χ1v) is 6.84. The third-order valence-electron chi connectivity index (χ3n) is 2.80. The van der Waals surface area contributed by atoms with Crippen molar-refractivity contribution < 1.29 is 13.9 Å². The van der Waals surface area contributed by atoms with Crippen LogP contribution in [0.25, 0.3) is 0 Å². The highest BCUT2D eigenvalue weighted by molar-refractivity contribution is 6.30. The average Bonchev–Trinajstić information content (AvgIpc) is 2.94. The molecule has 0 bridgehead atoms.